The van der Waals surface area contributed by atoms with Gasteiger partial charge in [0.25, 0.3) is 0 Å². The second-order valence-electron chi connectivity index (χ2n) is 13.9. The third-order valence-electron chi connectivity index (χ3n) is 12.2. The van der Waals surface area contributed by atoms with E-state index in [9.17, 15) is 19.8 Å². The van der Waals surface area contributed by atoms with Crippen LogP contribution in [0.15, 0.2) is 0 Å². The van der Waals surface area contributed by atoms with E-state index in [0.717, 1.165) is 38.5 Å². The zero-order valence-corrected chi connectivity index (χ0v) is 22.5. The van der Waals surface area contributed by atoms with Gasteiger partial charge in [-0.15, -0.1) is 0 Å². The molecule has 0 bridgehead atoms. The van der Waals surface area contributed by atoms with Crippen molar-refractivity contribution in [3.63, 3.8) is 0 Å². The molecule has 0 aromatic heterocycles. The quantitative estimate of drug-likeness (QED) is 0.521. The summed E-state index contributed by atoms with van der Waals surface area (Å²) in [5.74, 6) is -2.53. The summed E-state index contributed by atoms with van der Waals surface area (Å²) in [4.78, 5) is 25.8. The van der Waals surface area contributed by atoms with Crippen LogP contribution in [0.5, 0.6) is 0 Å². The smallest absolute Gasteiger partial charge is 0.302 e. The minimum Gasteiger partial charge on any atom is -0.463 e. The molecule has 36 heavy (non-hydrogen) atoms. The minimum atomic E-state index is -1.57. The van der Waals surface area contributed by atoms with Crippen molar-refractivity contribution in [2.24, 2.45) is 46.3 Å². The number of ether oxygens (including phenoxy) is 3. The van der Waals surface area contributed by atoms with Crippen molar-refractivity contribution in [1.82, 2.24) is 0 Å². The van der Waals surface area contributed by atoms with Crippen LogP contribution in [0, 0.1) is 46.3 Å². The summed E-state index contributed by atoms with van der Waals surface area (Å²) in [6.45, 7) is 10.4. The molecular weight excluding hydrogens is 460 g/mol. The third kappa shape index (κ3) is 3.06. The number of rotatable bonds is 1. The van der Waals surface area contributed by atoms with Gasteiger partial charge < -0.3 is 24.4 Å². The Balaban J connectivity index is 1.32. The van der Waals surface area contributed by atoms with Gasteiger partial charge in [0.2, 0.25) is 0 Å². The van der Waals surface area contributed by atoms with Gasteiger partial charge in [0.15, 0.2) is 11.6 Å². The van der Waals surface area contributed by atoms with E-state index in [1.807, 2.05) is 13.8 Å². The summed E-state index contributed by atoms with van der Waals surface area (Å²) >= 11 is 0. The summed E-state index contributed by atoms with van der Waals surface area (Å²) in [6, 6.07) is 0. The Hall–Kier alpha value is -1.02. The second-order valence-corrected chi connectivity index (χ2v) is 13.9. The molecule has 1 spiro atoms. The molecule has 7 nitrogen and oxygen atoms in total. The normalized spacial score (nSPS) is 58.1. The maximum atomic E-state index is 14.2. The summed E-state index contributed by atoms with van der Waals surface area (Å²) in [6.07, 6.45) is 6.35. The number of ketones is 1. The highest BCUT2D eigenvalue weighted by Crippen LogP contribution is 2.74. The maximum absolute atomic E-state index is 14.2. The van der Waals surface area contributed by atoms with Crippen molar-refractivity contribution < 1.29 is 34.0 Å². The molecular formula is C29H44O7. The fraction of sp³-hybridized carbons (Fsp3) is 0.931. The van der Waals surface area contributed by atoms with Crippen LogP contribution in [-0.2, 0) is 23.8 Å². The van der Waals surface area contributed by atoms with Crippen LogP contribution in [0.2, 0.25) is 0 Å². The fourth-order valence-electron chi connectivity index (χ4n) is 10.4. The predicted octanol–water partition coefficient (Wildman–Crippen LogP) is 3.98. The SMILES string of the molecule is CC(=O)O[C@H]1CC[C@@]2(C)[C@@H](CCC3[C@@H]2CC(=O)[C@]2(C)[C@H]4[C@H](C)[C@@]5(CC[C@@H](C)CO5)O[C@@]4(O)C[C@]32O)C1. The van der Waals surface area contributed by atoms with Crippen molar-refractivity contribution >= 4 is 11.8 Å². The molecule has 0 radical (unpaired) electrons. The number of carbonyl (C=O) groups is 2. The first-order chi connectivity index (χ1) is 16.8. The predicted molar refractivity (Wildman–Crippen MR) is 130 cm³/mol. The molecule has 0 amide bonds. The Morgan fingerprint density at radius 3 is 2.47 bits per heavy atom. The first-order valence-corrected chi connectivity index (χ1v) is 14.3. The lowest BCUT2D eigenvalue weighted by atomic mass is 9.42. The number of aliphatic hydroxyl groups is 2. The van der Waals surface area contributed by atoms with Crippen LogP contribution in [0.4, 0.5) is 0 Å². The molecule has 202 valence electrons. The minimum absolute atomic E-state index is 0.0542. The van der Waals surface area contributed by atoms with Gasteiger partial charge in [0.1, 0.15) is 11.9 Å². The van der Waals surface area contributed by atoms with Crippen molar-refractivity contribution in [3.8, 4) is 0 Å². The maximum Gasteiger partial charge on any atom is 0.302 e. The molecule has 12 atom stereocenters. The molecule has 4 saturated carbocycles. The van der Waals surface area contributed by atoms with Crippen LogP contribution in [-0.4, -0.2) is 51.9 Å². The average molecular weight is 505 g/mol. The summed E-state index contributed by atoms with van der Waals surface area (Å²) in [5, 5.41) is 24.6. The Morgan fingerprint density at radius 2 is 1.81 bits per heavy atom. The number of fused-ring (bicyclic) bond motifs is 7. The van der Waals surface area contributed by atoms with Gasteiger partial charge in [-0.1, -0.05) is 20.8 Å². The van der Waals surface area contributed by atoms with E-state index in [1.165, 1.54) is 6.92 Å². The third-order valence-corrected chi connectivity index (χ3v) is 12.2. The number of hydrogen-bond acceptors (Lipinski definition) is 7. The molecule has 2 aliphatic heterocycles. The van der Waals surface area contributed by atoms with Crippen LogP contribution < -0.4 is 0 Å². The lowest BCUT2D eigenvalue weighted by molar-refractivity contribution is -0.335. The van der Waals surface area contributed by atoms with E-state index < -0.39 is 28.5 Å². The standard InChI is InChI=1S/C29H44O7/c1-16-8-11-29(34-14-16)17(2)24-26(5)23(31)13-22-21(27(26,32)15-28(24,33)36-29)7-6-19-12-20(35-18(3)30)9-10-25(19,22)4/h16-17,19-22,24,32-33H,6-15H2,1-5H3/t16-,17+,19+,20+,21?,22+,24-,25+,26-,27+,28+,29-/m1/s1. The Morgan fingerprint density at radius 1 is 1.06 bits per heavy atom. The number of esters is 1. The second kappa shape index (κ2) is 7.77. The summed E-state index contributed by atoms with van der Waals surface area (Å²) < 4.78 is 18.3. The van der Waals surface area contributed by atoms with Gasteiger partial charge in [0, 0.05) is 38.0 Å². The van der Waals surface area contributed by atoms with E-state index in [-0.39, 0.29) is 47.4 Å². The Bertz CT molecular complexity index is 957. The van der Waals surface area contributed by atoms with E-state index in [2.05, 4.69) is 13.8 Å². The van der Waals surface area contributed by atoms with Crippen LogP contribution in [0.1, 0.15) is 92.4 Å². The highest BCUT2D eigenvalue weighted by Gasteiger charge is 2.82. The first kappa shape index (κ1) is 25.3. The zero-order valence-electron chi connectivity index (χ0n) is 22.5. The van der Waals surface area contributed by atoms with Crippen LogP contribution in [0.3, 0.4) is 0 Å². The molecule has 2 N–H and O–H groups in total. The van der Waals surface area contributed by atoms with Gasteiger partial charge in [-0.3, -0.25) is 9.59 Å². The van der Waals surface area contributed by atoms with Crippen molar-refractivity contribution in [2.75, 3.05) is 6.61 Å². The van der Waals surface area contributed by atoms with Gasteiger partial charge in [-0.05, 0) is 74.5 Å². The molecule has 6 fully saturated rings. The molecule has 0 aromatic carbocycles. The molecule has 6 rings (SSSR count). The Labute approximate surface area is 214 Å². The fourth-order valence-corrected chi connectivity index (χ4v) is 10.4. The molecule has 0 aromatic rings. The monoisotopic (exact) mass is 504 g/mol. The topological polar surface area (TPSA) is 102 Å². The van der Waals surface area contributed by atoms with E-state index in [0.29, 0.717) is 31.3 Å². The summed E-state index contributed by atoms with van der Waals surface area (Å²) in [5.41, 5.74) is -2.48. The van der Waals surface area contributed by atoms with Gasteiger partial charge >= 0.3 is 5.97 Å². The Kier molecular flexibility index (Phi) is 5.45. The zero-order chi connectivity index (χ0) is 25.9. The molecule has 6 aliphatic rings. The van der Waals surface area contributed by atoms with Gasteiger partial charge in [-0.25, -0.2) is 0 Å². The largest absolute Gasteiger partial charge is 0.463 e. The van der Waals surface area contributed by atoms with Crippen molar-refractivity contribution in [3.05, 3.63) is 0 Å². The van der Waals surface area contributed by atoms with Crippen molar-refractivity contribution in [2.45, 2.75) is 116 Å². The highest BCUT2D eigenvalue weighted by atomic mass is 16.8. The van der Waals surface area contributed by atoms with E-state index in [1.54, 1.807) is 0 Å². The lowest BCUT2D eigenvalue weighted by Crippen LogP contribution is -2.66. The molecule has 7 heteroatoms. The van der Waals surface area contributed by atoms with Crippen LogP contribution >= 0.6 is 0 Å². The molecule has 2 saturated heterocycles. The number of carbonyl (C=O) groups excluding carboxylic acids is 2. The number of Topliss-reactive ketones (excluding diaryl/α,β-unsaturated/α-hetero) is 1. The van der Waals surface area contributed by atoms with E-state index >= 15 is 0 Å². The average Bonchev–Trinajstić information content (AvgIpc) is 3.12. The highest BCUT2D eigenvalue weighted by molar-refractivity contribution is 5.88. The van der Waals surface area contributed by atoms with E-state index in [4.69, 9.17) is 14.2 Å². The number of hydrogen-bond donors (Lipinski definition) is 2. The molecule has 4 aliphatic carbocycles. The molecule has 2 heterocycles. The van der Waals surface area contributed by atoms with Gasteiger partial charge in [0.05, 0.1) is 17.6 Å². The van der Waals surface area contributed by atoms with Gasteiger partial charge in [-0.2, -0.15) is 0 Å². The lowest BCUT2D eigenvalue weighted by Gasteiger charge is -2.63. The van der Waals surface area contributed by atoms with Crippen LogP contribution in [0.25, 0.3) is 0 Å². The summed E-state index contributed by atoms with van der Waals surface area (Å²) in [7, 11) is 0. The molecule has 1 unspecified atom stereocenters. The first-order valence-electron chi connectivity index (χ1n) is 14.3. The van der Waals surface area contributed by atoms with Crippen molar-refractivity contribution in [1.29, 1.82) is 0 Å².